The topological polar surface area (TPSA) is 80.9 Å². The zero-order valence-electron chi connectivity index (χ0n) is 8.81. The Kier molecular flexibility index (Phi) is 3.14. The van der Waals surface area contributed by atoms with Gasteiger partial charge in [-0.3, -0.25) is 14.3 Å². The molecule has 0 atom stereocenters. The summed E-state index contributed by atoms with van der Waals surface area (Å²) in [6.07, 6.45) is 1.46. The summed E-state index contributed by atoms with van der Waals surface area (Å²) in [4.78, 5) is 24.6. The van der Waals surface area contributed by atoms with E-state index < -0.39 is 11.2 Å². The van der Waals surface area contributed by atoms with Gasteiger partial charge >= 0.3 is 5.69 Å². The van der Waals surface area contributed by atoms with Crippen LogP contribution in [-0.4, -0.2) is 9.55 Å². The van der Waals surface area contributed by atoms with Gasteiger partial charge in [-0.05, 0) is 17.7 Å². The smallest absolute Gasteiger partial charge is 0.328 e. The molecule has 17 heavy (non-hydrogen) atoms. The van der Waals surface area contributed by atoms with Gasteiger partial charge in [0.05, 0.1) is 6.54 Å². The fourth-order valence-corrected chi connectivity index (χ4v) is 1.97. The van der Waals surface area contributed by atoms with Gasteiger partial charge in [0.15, 0.2) is 0 Å². The number of aromatic nitrogens is 2. The first-order valence-electron chi connectivity index (χ1n) is 4.90. The van der Waals surface area contributed by atoms with Gasteiger partial charge in [-0.2, -0.15) is 0 Å². The Morgan fingerprint density at radius 3 is 2.71 bits per heavy atom. The Morgan fingerprint density at radius 1 is 1.29 bits per heavy atom. The highest BCUT2D eigenvalue weighted by molar-refractivity contribution is 9.10. The molecule has 0 unspecified atom stereocenters. The van der Waals surface area contributed by atoms with Crippen molar-refractivity contribution in [2.45, 2.75) is 6.54 Å². The normalized spacial score (nSPS) is 10.4. The number of aromatic amines is 1. The molecule has 0 amide bonds. The molecule has 0 saturated heterocycles. The van der Waals surface area contributed by atoms with Gasteiger partial charge in [0.2, 0.25) is 0 Å². The molecule has 0 fully saturated rings. The standard InChI is InChI=1S/C11H10BrN3O2/c12-9-5-8(13)2-1-7(9)6-15-4-3-10(16)14-11(15)17/h1-5H,6,13H2,(H,14,16,17). The van der Waals surface area contributed by atoms with Crippen LogP contribution in [0.15, 0.2) is 44.5 Å². The number of hydrogen-bond donors (Lipinski definition) is 2. The Hall–Kier alpha value is -1.82. The molecule has 1 heterocycles. The van der Waals surface area contributed by atoms with E-state index in [9.17, 15) is 9.59 Å². The first-order chi connectivity index (χ1) is 8.06. The molecular formula is C11H10BrN3O2. The molecule has 0 saturated carbocycles. The fourth-order valence-electron chi connectivity index (χ4n) is 1.44. The van der Waals surface area contributed by atoms with Gasteiger partial charge in [0.1, 0.15) is 0 Å². The van der Waals surface area contributed by atoms with E-state index in [-0.39, 0.29) is 0 Å². The molecule has 6 heteroatoms. The average Bonchev–Trinajstić information content (AvgIpc) is 2.25. The maximum absolute atomic E-state index is 11.5. The van der Waals surface area contributed by atoms with Gasteiger partial charge in [-0.15, -0.1) is 0 Å². The van der Waals surface area contributed by atoms with E-state index in [4.69, 9.17) is 5.73 Å². The van der Waals surface area contributed by atoms with Crippen LogP contribution in [0.2, 0.25) is 0 Å². The summed E-state index contributed by atoms with van der Waals surface area (Å²) in [5.41, 5.74) is 6.35. The van der Waals surface area contributed by atoms with E-state index in [1.165, 1.54) is 16.8 Å². The Bertz CT molecular complexity index is 660. The van der Waals surface area contributed by atoms with Crippen molar-refractivity contribution in [3.05, 3.63) is 61.3 Å². The van der Waals surface area contributed by atoms with Crippen LogP contribution < -0.4 is 17.0 Å². The molecule has 0 aliphatic rings. The van der Waals surface area contributed by atoms with Crippen LogP contribution >= 0.6 is 15.9 Å². The quantitative estimate of drug-likeness (QED) is 0.809. The Labute approximate surface area is 105 Å². The monoisotopic (exact) mass is 295 g/mol. The third-order valence-electron chi connectivity index (χ3n) is 2.31. The largest absolute Gasteiger partial charge is 0.399 e. The van der Waals surface area contributed by atoms with Crippen LogP contribution in [0.1, 0.15) is 5.56 Å². The third kappa shape index (κ3) is 2.65. The van der Waals surface area contributed by atoms with Crippen molar-refractivity contribution >= 4 is 21.6 Å². The van der Waals surface area contributed by atoms with E-state index in [1.54, 1.807) is 12.1 Å². The molecule has 0 aliphatic heterocycles. The lowest BCUT2D eigenvalue weighted by Gasteiger charge is -2.07. The number of nitrogens with one attached hydrogen (secondary N) is 1. The lowest BCUT2D eigenvalue weighted by Crippen LogP contribution is -2.28. The van der Waals surface area contributed by atoms with Crippen LogP contribution in [0.25, 0.3) is 0 Å². The van der Waals surface area contributed by atoms with Gasteiger partial charge in [0, 0.05) is 22.4 Å². The summed E-state index contributed by atoms with van der Waals surface area (Å²) in [7, 11) is 0. The Morgan fingerprint density at radius 2 is 2.06 bits per heavy atom. The van der Waals surface area contributed by atoms with E-state index in [1.807, 2.05) is 6.07 Å². The summed E-state index contributed by atoms with van der Waals surface area (Å²) in [6.45, 7) is 0.372. The van der Waals surface area contributed by atoms with Crippen molar-refractivity contribution in [3.8, 4) is 0 Å². The maximum atomic E-state index is 11.5. The molecular weight excluding hydrogens is 286 g/mol. The van der Waals surface area contributed by atoms with E-state index in [2.05, 4.69) is 20.9 Å². The van der Waals surface area contributed by atoms with E-state index in [0.29, 0.717) is 12.2 Å². The summed E-state index contributed by atoms with van der Waals surface area (Å²) >= 11 is 3.38. The van der Waals surface area contributed by atoms with Crippen LogP contribution in [0, 0.1) is 0 Å². The molecule has 5 nitrogen and oxygen atoms in total. The minimum Gasteiger partial charge on any atom is -0.399 e. The third-order valence-corrected chi connectivity index (χ3v) is 3.05. The molecule has 3 N–H and O–H groups in total. The van der Waals surface area contributed by atoms with Crippen molar-refractivity contribution in [1.29, 1.82) is 0 Å². The zero-order valence-corrected chi connectivity index (χ0v) is 10.4. The second-order valence-corrected chi connectivity index (χ2v) is 4.44. The molecule has 0 radical (unpaired) electrons. The lowest BCUT2D eigenvalue weighted by molar-refractivity contribution is 0.718. The number of halogens is 1. The molecule has 2 rings (SSSR count). The van der Waals surface area contributed by atoms with Gasteiger partial charge in [-0.25, -0.2) is 4.79 Å². The van der Waals surface area contributed by atoms with Crippen LogP contribution in [0.4, 0.5) is 5.69 Å². The second kappa shape index (κ2) is 4.58. The molecule has 1 aromatic carbocycles. The van der Waals surface area contributed by atoms with Gasteiger partial charge in [0.25, 0.3) is 5.56 Å². The van der Waals surface area contributed by atoms with Crippen LogP contribution in [0.5, 0.6) is 0 Å². The summed E-state index contributed by atoms with van der Waals surface area (Å²) in [5, 5.41) is 0. The molecule has 2 aromatic rings. The minimum absolute atomic E-state index is 0.372. The number of rotatable bonds is 2. The van der Waals surface area contributed by atoms with Crippen molar-refractivity contribution in [2.75, 3.05) is 5.73 Å². The summed E-state index contributed by atoms with van der Waals surface area (Å²) in [5.74, 6) is 0. The van der Waals surface area contributed by atoms with Gasteiger partial charge in [-0.1, -0.05) is 22.0 Å². The predicted octanol–water partition coefficient (Wildman–Crippen LogP) is 0.930. The SMILES string of the molecule is Nc1ccc(Cn2ccc(=O)[nH]c2=O)c(Br)c1. The predicted molar refractivity (Wildman–Crippen MR) is 69.0 cm³/mol. The number of nitrogens with two attached hydrogens (primary N) is 1. The van der Waals surface area contributed by atoms with Crippen molar-refractivity contribution in [1.82, 2.24) is 9.55 Å². The number of H-pyrrole nitrogens is 1. The number of anilines is 1. The van der Waals surface area contributed by atoms with Crippen molar-refractivity contribution in [2.24, 2.45) is 0 Å². The lowest BCUT2D eigenvalue weighted by atomic mass is 10.2. The molecule has 0 aliphatic carbocycles. The number of nitrogen functional groups attached to an aromatic ring is 1. The fraction of sp³-hybridized carbons (Fsp3) is 0.0909. The highest BCUT2D eigenvalue weighted by atomic mass is 79.9. The first-order valence-corrected chi connectivity index (χ1v) is 5.69. The van der Waals surface area contributed by atoms with Crippen LogP contribution in [-0.2, 0) is 6.54 Å². The van der Waals surface area contributed by atoms with E-state index in [0.717, 1.165) is 10.0 Å². The van der Waals surface area contributed by atoms with Crippen molar-refractivity contribution < 1.29 is 0 Å². The summed E-state index contributed by atoms with van der Waals surface area (Å²) < 4.78 is 2.24. The van der Waals surface area contributed by atoms with Crippen molar-refractivity contribution in [3.63, 3.8) is 0 Å². The Balaban J connectivity index is 2.38. The molecule has 1 aromatic heterocycles. The van der Waals surface area contributed by atoms with E-state index >= 15 is 0 Å². The average molecular weight is 296 g/mol. The van der Waals surface area contributed by atoms with Crippen LogP contribution in [0.3, 0.4) is 0 Å². The molecule has 0 bridgehead atoms. The highest BCUT2D eigenvalue weighted by Crippen LogP contribution is 2.20. The highest BCUT2D eigenvalue weighted by Gasteiger charge is 2.03. The maximum Gasteiger partial charge on any atom is 0.328 e. The number of benzene rings is 1. The molecule has 0 spiro atoms. The number of hydrogen-bond acceptors (Lipinski definition) is 3. The zero-order chi connectivity index (χ0) is 12.4. The van der Waals surface area contributed by atoms with Gasteiger partial charge < -0.3 is 5.73 Å². The second-order valence-electron chi connectivity index (χ2n) is 3.59. The first kappa shape index (κ1) is 11.7. The number of nitrogens with zero attached hydrogens (tertiary/aromatic N) is 1. The molecule has 88 valence electrons. The minimum atomic E-state index is -0.429. The summed E-state index contributed by atoms with van der Waals surface area (Å²) in [6, 6.07) is 6.67.